The number of carbonyl (C=O) groups excluding carboxylic acids is 1. The molecule has 1 aliphatic carbocycles. The highest BCUT2D eigenvalue weighted by Gasteiger charge is 2.33. The van der Waals surface area contributed by atoms with Crippen molar-refractivity contribution in [2.24, 2.45) is 0 Å². The van der Waals surface area contributed by atoms with E-state index in [1.165, 1.54) is 32.1 Å². The molecule has 2 fully saturated rings. The lowest BCUT2D eigenvalue weighted by atomic mass is 10.0. The quantitative estimate of drug-likeness (QED) is 0.846. The van der Waals surface area contributed by atoms with Crippen LogP contribution in [0.5, 0.6) is 0 Å². The summed E-state index contributed by atoms with van der Waals surface area (Å²) >= 11 is 1.67. The van der Waals surface area contributed by atoms with Crippen LogP contribution in [-0.2, 0) is 4.79 Å². The Morgan fingerprint density at radius 3 is 2.95 bits per heavy atom. The Hall–Kier alpha value is -1.13. The van der Waals surface area contributed by atoms with E-state index in [1.54, 1.807) is 17.4 Å². The van der Waals surface area contributed by atoms with E-state index in [-0.39, 0.29) is 5.91 Å². The molecule has 3 nitrogen and oxygen atoms in total. The lowest BCUT2D eigenvalue weighted by molar-refractivity contribution is -0.127. The van der Waals surface area contributed by atoms with E-state index < -0.39 is 0 Å². The van der Waals surface area contributed by atoms with Crippen LogP contribution in [0.25, 0.3) is 6.08 Å². The van der Waals surface area contributed by atoms with Crippen LogP contribution in [0.1, 0.15) is 37.0 Å². The van der Waals surface area contributed by atoms with E-state index in [1.807, 2.05) is 23.6 Å². The Kier molecular flexibility index (Phi) is 4.53. The zero-order valence-corrected chi connectivity index (χ0v) is 12.6. The van der Waals surface area contributed by atoms with Crippen LogP contribution < -0.4 is 5.32 Å². The first kappa shape index (κ1) is 13.8. The minimum atomic E-state index is 0.174. The summed E-state index contributed by atoms with van der Waals surface area (Å²) in [6.07, 6.45) is 9.78. The molecule has 1 aromatic heterocycles. The molecule has 1 atom stereocenters. The third kappa shape index (κ3) is 3.70. The van der Waals surface area contributed by atoms with E-state index in [2.05, 4.69) is 10.2 Å². The third-order valence-corrected chi connectivity index (χ3v) is 4.87. The average Bonchev–Trinajstić information content (AvgIpc) is 3.19. The van der Waals surface area contributed by atoms with Gasteiger partial charge in [0, 0.05) is 29.6 Å². The first-order valence-corrected chi connectivity index (χ1v) is 8.46. The molecule has 1 amide bonds. The van der Waals surface area contributed by atoms with Crippen LogP contribution in [-0.4, -0.2) is 36.0 Å². The predicted octanol–water partition coefficient (Wildman–Crippen LogP) is 2.89. The zero-order valence-electron chi connectivity index (χ0n) is 11.8. The van der Waals surface area contributed by atoms with E-state index >= 15 is 0 Å². The molecule has 2 heterocycles. The van der Waals surface area contributed by atoms with Crippen molar-refractivity contribution in [3.05, 3.63) is 28.5 Å². The van der Waals surface area contributed by atoms with E-state index in [0.29, 0.717) is 12.1 Å². The maximum absolute atomic E-state index is 12.4. The summed E-state index contributed by atoms with van der Waals surface area (Å²) in [5, 5.41) is 5.58. The Bertz CT molecular complexity index is 459. The molecule has 1 saturated carbocycles. The van der Waals surface area contributed by atoms with Crippen molar-refractivity contribution in [2.45, 2.75) is 44.2 Å². The highest BCUT2D eigenvalue weighted by Crippen LogP contribution is 2.28. The van der Waals surface area contributed by atoms with Gasteiger partial charge in [0.15, 0.2) is 0 Å². The van der Waals surface area contributed by atoms with Crippen LogP contribution in [0, 0.1) is 0 Å². The summed E-state index contributed by atoms with van der Waals surface area (Å²) < 4.78 is 0. The van der Waals surface area contributed by atoms with Crippen LogP contribution in [0.4, 0.5) is 0 Å². The first-order valence-electron chi connectivity index (χ1n) is 7.58. The van der Waals surface area contributed by atoms with E-state index in [9.17, 15) is 4.79 Å². The zero-order chi connectivity index (χ0) is 13.8. The molecule has 0 aromatic carbocycles. The largest absolute Gasteiger partial charge is 0.335 e. The average molecular weight is 290 g/mol. The summed E-state index contributed by atoms with van der Waals surface area (Å²) in [6, 6.07) is 5.03. The van der Waals surface area contributed by atoms with Crippen molar-refractivity contribution in [2.75, 3.05) is 13.1 Å². The number of hydrogen-bond acceptors (Lipinski definition) is 3. The highest BCUT2D eigenvalue weighted by atomic mass is 32.1. The molecular formula is C16H22N2OS. The summed E-state index contributed by atoms with van der Waals surface area (Å²) in [5.41, 5.74) is 0. The molecule has 20 heavy (non-hydrogen) atoms. The summed E-state index contributed by atoms with van der Waals surface area (Å²) in [6.45, 7) is 1.97. The molecule has 1 unspecified atom stereocenters. The normalized spacial score (nSPS) is 23.1. The number of amides is 1. The fraction of sp³-hybridized carbons (Fsp3) is 0.562. The molecule has 3 rings (SSSR count). The van der Waals surface area contributed by atoms with Crippen molar-refractivity contribution in [1.82, 2.24) is 10.2 Å². The number of rotatable bonds is 5. The number of hydrogen-bond donors (Lipinski definition) is 1. The minimum Gasteiger partial charge on any atom is -0.335 e. The number of nitrogens with one attached hydrogen (secondary N) is 1. The first-order chi connectivity index (χ1) is 9.83. The second kappa shape index (κ2) is 6.55. The van der Waals surface area contributed by atoms with Crippen molar-refractivity contribution in [1.29, 1.82) is 0 Å². The van der Waals surface area contributed by atoms with Crippen molar-refractivity contribution in [3.63, 3.8) is 0 Å². The van der Waals surface area contributed by atoms with Gasteiger partial charge < -0.3 is 10.2 Å². The molecule has 1 aliphatic heterocycles. The van der Waals surface area contributed by atoms with Gasteiger partial charge >= 0.3 is 0 Å². The van der Waals surface area contributed by atoms with Gasteiger partial charge in [-0.05, 0) is 49.8 Å². The van der Waals surface area contributed by atoms with Crippen molar-refractivity contribution < 1.29 is 4.79 Å². The molecule has 4 heteroatoms. The fourth-order valence-electron chi connectivity index (χ4n) is 2.76. The maximum Gasteiger partial charge on any atom is 0.246 e. The monoisotopic (exact) mass is 290 g/mol. The fourth-order valence-corrected chi connectivity index (χ4v) is 3.38. The molecule has 2 aliphatic rings. The maximum atomic E-state index is 12.4. The Morgan fingerprint density at radius 1 is 1.40 bits per heavy atom. The highest BCUT2D eigenvalue weighted by molar-refractivity contribution is 7.10. The second-order valence-corrected chi connectivity index (χ2v) is 6.70. The van der Waals surface area contributed by atoms with Gasteiger partial charge in [-0.1, -0.05) is 12.5 Å². The van der Waals surface area contributed by atoms with Gasteiger partial charge in [-0.3, -0.25) is 4.79 Å². The lowest BCUT2D eigenvalue weighted by Crippen LogP contribution is -2.46. The van der Waals surface area contributed by atoms with Crippen LogP contribution in [0.3, 0.4) is 0 Å². The molecule has 0 bridgehead atoms. The predicted molar refractivity (Wildman–Crippen MR) is 83.7 cm³/mol. The van der Waals surface area contributed by atoms with Crippen LogP contribution in [0.2, 0.25) is 0 Å². The summed E-state index contributed by atoms with van der Waals surface area (Å²) in [5.74, 6) is 0.174. The smallest absolute Gasteiger partial charge is 0.246 e. The SMILES string of the molecule is O=C(/C=C/c1cccs1)N(CC1CCCCN1)C1CC1. The molecule has 1 N–H and O–H groups in total. The topological polar surface area (TPSA) is 32.3 Å². The van der Waals surface area contributed by atoms with Crippen LogP contribution in [0.15, 0.2) is 23.6 Å². The van der Waals surface area contributed by atoms with Gasteiger partial charge in [0.2, 0.25) is 5.91 Å². The molecule has 0 spiro atoms. The molecular weight excluding hydrogens is 268 g/mol. The van der Waals surface area contributed by atoms with Crippen LogP contribution >= 0.6 is 11.3 Å². The van der Waals surface area contributed by atoms with E-state index in [4.69, 9.17) is 0 Å². The van der Waals surface area contributed by atoms with Gasteiger partial charge in [0.05, 0.1) is 0 Å². The van der Waals surface area contributed by atoms with E-state index in [0.717, 1.165) is 18.0 Å². The number of nitrogens with zero attached hydrogens (tertiary/aromatic N) is 1. The lowest BCUT2D eigenvalue weighted by Gasteiger charge is -2.30. The standard InChI is InChI=1S/C16H22N2OS/c19-16(9-8-15-5-3-11-20-15)18(14-6-7-14)12-13-4-1-2-10-17-13/h3,5,8-9,11,13-14,17H,1-2,4,6-7,10,12H2/b9-8+. The van der Waals surface area contributed by atoms with Crippen molar-refractivity contribution in [3.8, 4) is 0 Å². The Balaban J connectivity index is 1.59. The summed E-state index contributed by atoms with van der Waals surface area (Å²) in [7, 11) is 0. The molecule has 1 aromatic rings. The van der Waals surface area contributed by atoms with Gasteiger partial charge in [-0.25, -0.2) is 0 Å². The van der Waals surface area contributed by atoms with Crippen molar-refractivity contribution >= 4 is 23.3 Å². The van der Waals surface area contributed by atoms with Gasteiger partial charge in [0.1, 0.15) is 0 Å². The van der Waals surface area contributed by atoms with Gasteiger partial charge in [0.25, 0.3) is 0 Å². The van der Waals surface area contributed by atoms with Gasteiger partial charge in [-0.15, -0.1) is 11.3 Å². The number of carbonyl (C=O) groups is 1. The number of piperidine rings is 1. The Labute approximate surface area is 124 Å². The Morgan fingerprint density at radius 2 is 2.30 bits per heavy atom. The summed E-state index contributed by atoms with van der Waals surface area (Å²) in [4.78, 5) is 15.6. The number of thiophene rings is 1. The molecule has 1 saturated heterocycles. The minimum absolute atomic E-state index is 0.174. The third-order valence-electron chi connectivity index (χ3n) is 4.03. The molecule has 108 valence electrons. The second-order valence-electron chi connectivity index (χ2n) is 5.72. The van der Waals surface area contributed by atoms with Gasteiger partial charge in [-0.2, -0.15) is 0 Å². The molecule has 0 radical (unpaired) electrons.